The first-order chi connectivity index (χ1) is 13.0. The van der Waals surface area contributed by atoms with E-state index < -0.39 is 5.97 Å². The number of H-pyrrole nitrogens is 1. The first kappa shape index (κ1) is 17.8. The van der Waals surface area contributed by atoms with Gasteiger partial charge < -0.3 is 10.1 Å². The number of hydrogen-bond donors (Lipinski definition) is 2. The van der Waals surface area contributed by atoms with Gasteiger partial charge in [0.2, 0.25) is 0 Å². The van der Waals surface area contributed by atoms with Crippen LogP contribution >= 0.6 is 0 Å². The van der Waals surface area contributed by atoms with E-state index in [0.717, 1.165) is 25.1 Å². The Balaban J connectivity index is 1.69. The molecule has 1 aliphatic rings. The molecule has 4 rings (SSSR count). The average molecular weight is 362 g/mol. The molecule has 1 aliphatic heterocycles. The smallest absolute Gasteiger partial charge is 0.335 e. The first-order valence-electron chi connectivity index (χ1n) is 9.68. The van der Waals surface area contributed by atoms with Crippen molar-refractivity contribution >= 4 is 16.9 Å². The van der Waals surface area contributed by atoms with Gasteiger partial charge in [-0.05, 0) is 73.7 Å². The van der Waals surface area contributed by atoms with Crippen LogP contribution in [0.3, 0.4) is 0 Å². The molecule has 3 aromatic rings. The third-order valence-electron chi connectivity index (χ3n) is 5.87. The Bertz CT molecular complexity index is 989. The van der Waals surface area contributed by atoms with Crippen LogP contribution in [0.2, 0.25) is 0 Å². The van der Waals surface area contributed by atoms with Crippen LogP contribution in [0.15, 0.2) is 42.6 Å². The zero-order valence-corrected chi connectivity index (χ0v) is 16.0. The fourth-order valence-electron chi connectivity index (χ4n) is 4.49. The molecule has 0 amide bonds. The quantitative estimate of drug-likeness (QED) is 0.670. The number of aromatic amines is 1. The lowest BCUT2D eigenvalue weighted by Crippen LogP contribution is -2.33. The summed E-state index contributed by atoms with van der Waals surface area (Å²) in [5.41, 5.74) is 6.68. The Kier molecular flexibility index (Phi) is 4.75. The van der Waals surface area contributed by atoms with Gasteiger partial charge in [0, 0.05) is 29.7 Å². The highest BCUT2D eigenvalue weighted by atomic mass is 16.4. The maximum Gasteiger partial charge on any atom is 0.335 e. The summed E-state index contributed by atoms with van der Waals surface area (Å²) in [6.07, 6.45) is 5.47. The lowest BCUT2D eigenvalue weighted by atomic mass is 9.92. The third kappa shape index (κ3) is 3.37. The molecule has 2 N–H and O–H groups in total. The third-order valence-corrected chi connectivity index (χ3v) is 5.87. The van der Waals surface area contributed by atoms with Gasteiger partial charge in [-0.25, -0.2) is 4.79 Å². The normalized spacial score (nSPS) is 18.1. The number of aromatic nitrogens is 1. The van der Waals surface area contributed by atoms with E-state index in [2.05, 4.69) is 41.9 Å². The number of aryl methyl sites for hydroxylation is 2. The number of nitrogens with one attached hydrogen (secondary N) is 1. The van der Waals surface area contributed by atoms with Gasteiger partial charge in [0.25, 0.3) is 0 Å². The van der Waals surface area contributed by atoms with E-state index in [1.807, 2.05) is 18.3 Å². The second-order valence-electron chi connectivity index (χ2n) is 7.67. The summed E-state index contributed by atoms with van der Waals surface area (Å²) in [7, 11) is 0. The minimum absolute atomic E-state index is 0.271. The van der Waals surface area contributed by atoms with Crippen LogP contribution in [0.1, 0.15) is 57.9 Å². The molecule has 4 heteroatoms. The van der Waals surface area contributed by atoms with Crippen molar-refractivity contribution in [3.05, 3.63) is 70.4 Å². The second kappa shape index (κ2) is 7.20. The lowest BCUT2D eigenvalue weighted by Gasteiger charge is -2.36. The van der Waals surface area contributed by atoms with Crippen molar-refractivity contribution < 1.29 is 9.90 Å². The molecule has 2 aromatic carbocycles. The summed E-state index contributed by atoms with van der Waals surface area (Å²) in [6, 6.07) is 12.2. The standard InChI is InChI=1S/C23H26N2O2/c1-15-12-16(2)22-19(9-10-24-22)20(15)14-25-11-4-3-8-21(25)17-6-5-7-18(13-17)23(26)27/h5-7,9-10,12-13,21,24H,3-4,8,11,14H2,1-2H3,(H,26,27)/t21-/m1/s1. The van der Waals surface area contributed by atoms with E-state index in [9.17, 15) is 9.90 Å². The van der Waals surface area contributed by atoms with E-state index >= 15 is 0 Å². The average Bonchev–Trinajstić information content (AvgIpc) is 3.16. The number of aromatic carboxylic acids is 1. The Morgan fingerprint density at radius 2 is 2.04 bits per heavy atom. The van der Waals surface area contributed by atoms with E-state index in [1.54, 1.807) is 6.07 Å². The highest BCUT2D eigenvalue weighted by molar-refractivity contribution is 5.88. The zero-order chi connectivity index (χ0) is 19.0. The highest BCUT2D eigenvalue weighted by Gasteiger charge is 2.26. The predicted molar refractivity (Wildman–Crippen MR) is 108 cm³/mol. The number of hydrogen-bond acceptors (Lipinski definition) is 2. The van der Waals surface area contributed by atoms with Crippen molar-refractivity contribution in [3.63, 3.8) is 0 Å². The molecule has 4 nitrogen and oxygen atoms in total. The van der Waals surface area contributed by atoms with Crippen molar-refractivity contribution in [2.24, 2.45) is 0 Å². The maximum absolute atomic E-state index is 11.4. The highest BCUT2D eigenvalue weighted by Crippen LogP contribution is 2.35. The molecule has 27 heavy (non-hydrogen) atoms. The Hall–Kier alpha value is -2.59. The van der Waals surface area contributed by atoms with Gasteiger partial charge in [0.05, 0.1) is 5.56 Å². The second-order valence-corrected chi connectivity index (χ2v) is 7.67. The molecule has 1 aromatic heterocycles. The van der Waals surface area contributed by atoms with Crippen molar-refractivity contribution in [2.45, 2.75) is 45.7 Å². The topological polar surface area (TPSA) is 56.3 Å². The number of likely N-dealkylation sites (tertiary alicyclic amines) is 1. The number of rotatable bonds is 4. The van der Waals surface area contributed by atoms with Gasteiger partial charge in [0.1, 0.15) is 0 Å². The fraction of sp³-hybridized carbons (Fsp3) is 0.348. The molecule has 1 atom stereocenters. The van der Waals surface area contributed by atoms with Crippen molar-refractivity contribution in [2.75, 3.05) is 6.54 Å². The van der Waals surface area contributed by atoms with E-state index in [-0.39, 0.29) is 6.04 Å². The van der Waals surface area contributed by atoms with Gasteiger partial charge in [-0.2, -0.15) is 0 Å². The largest absolute Gasteiger partial charge is 0.478 e. The van der Waals surface area contributed by atoms with Gasteiger partial charge in [-0.3, -0.25) is 4.90 Å². The van der Waals surface area contributed by atoms with E-state index in [4.69, 9.17) is 0 Å². The minimum atomic E-state index is -0.859. The van der Waals surface area contributed by atoms with Gasteiger partial charge >= 0.3 is 5.97 Å². The van der Waals surface area contributed by atoms with Gasteiger partial charge in [-0.1, -0.05) is 24.6 Å². The SMILES string of the molecule is Cc1cc(C)c2[nH]ccc2c1CN1CCCC[C@@H]1c1cccc(C(=O)O)c1. The molecule has 0 saturated carbocycles. The minimum Gasteiger partial charge on any atom is -0.478 e. The summed E-state index contributed by atoms with van der Waals surface area (Å²) in [5.74, 6) is -0.859. The van der Waals surface area contributed by atoms with Crippen molar-refractivity contribution in [3.8, 4) is 0 Å². The fourth-order valence-corrected chi connectivity index (χ4v) is 4.49. The summed E-state index contributed by atoms with van der Waals surface area (Å²) in [5, 5.41) is 10.7. The molecule has 0 spiro atoms. The van der Waals surface area contributed by atoms with Gasteiger partial charge in [-0.15, -0.1) is 0 Å². The van der Waals surface area contributed by atoms with Crippen LogP contribution in [-0.4, -0.2) is 27.5 Å². The predicted octanol–water partition coefficient (Wildman–Crippen LogP) is 5.21. The molecule has 1 saturated heterocycles. The number of fused-ring (bicyclic) bond motifs is 1. The lowest BCUT2D eigenvalue weighted by molar-refractivity contribution is 0.0696. The number of carboxylic acids is 1. The van der Waals surface area contributed by atoms with Crippen LogP contribution in [0.4, 0.5) is 0 Å². The molecule has 0 aliphatic carbocycles. The molecular formula is C23H26N2O2. The summed E-state index contributed by atoms with van der Waals surface area (Å²) < 4.78 is 0. The van der Waals surface area contributed by atoms with Crippen LogP contribution in [0.25, 0.3) is 10.9 Å². The molecule has 0 radical (unpaired) electrons. The molecule has 0 bridgehead atoms. The molecule has 140 valence electrons. The van der Waals surface area contributed by atoms with Crippen LogP contribution < -0.4 is 0 Å². The summed E-state index contributed by atoms with van der Waals surface area (Å²) in [4.78, 5) is 17.3. The molecule has 1 fully saturated rings. The monoisotopic (exact) mass is 362 g/mol. The molecule has 0 unspecified atom stereocenters. The van der Waals surface area contributed by atoms with E-state index in [0.29, 0.717) is 5.56 Å². The number of nitrogens with zero attached hydrogens (tertiary/aromatic N) is 1. The number of carboxylic acid groups (broad SMARTS) is 1. The first-order valence-corrected chi connectivity index (χ1v) is 9.68. The number of carbonyl (C=O) groups is 1. The molecule has 2 heterocycles. The Morgan fingerprint density at radius 3 is 2.85 bits per heavy atom. The van der Waals surface area contributed by atoms with Gasteiger partial charge in [0.15, 0.2) is 0 Å². The van der Waals surface area contributed by atoms with Crippen LogP contribution in [0, 0.1) is 13.8 Å². The van der Waals surface area contributed by atoms with Crippen LogP contribution in [0.5, 0.6) is 0 Å². The summed E-state index contributed by atoms with van der Waals surface area (Å²) in [6.45, 7) is 6.28. The Morgan fingerprint density at radius 1 is 1.19 bits per heavy atom. The number of piperidine rings is 1. The summed E-state index contributed by atoms with van der Waals surface area (Å²) >= 11 is 0. The van der Waals surface area contributed by atoms with Crippen LogP contribution in [-0.2, 0) is 6.54 Å². The molecular weight excluding hydrogens is 336 g/mol. The van der Waals surface area contributed by atoms with Crippen molar-refractivity contribution in [1.82, 2.24) is 9.88 Å². The maximum atomic E-state index is 11.4. The van der Waals surface area contributed by atoms with E-state index in [1.165, 1.54) is 40.4 Å². The number of benzene rings is 2. The zero-order valence-electron chi connectivity index (χ0n) is 16.0. The van der Waals surface area contributed by atoms with Crippen molar-refractivity contribution in [1.29, 1.82) is 0 Å². The Labute approximate surface area is 159 Å².